The summed E-state index contributed by atoms with van der Waals surface area (Å²) in [5.41, 5.74) is -0.440. The first-order valence-corrected chi connectivity index (χ1v) is 6.13. The number of hydrogen-bond donors (Lipinski definition) is 0. The van der Waals surface area contributed by atoms with Gasteiger partial charge in [-0.05, 0) is 32.9 Å². The normalized spacial score (nSPS) is 18.4. The topological polar surface area (TPSA) is 38.5 Å². The van der Waals surface area contributed by atoms with Crippen molar-refractivity contribution in [2.45, 2.75) is 32.4 Å². The maximum Gasteiger partial charge on any atom is 0.410 e. The Labute approximate surface area is 107 Å². The van der Waals surface area contributed by atoms with Crippen molar-refractivity contribution < 1.29 is 14.3 Å². The van der Waals surface area contributed by atoms with Gasteiger partial charge < -0.3 is 9.47 Å². The van der Waals surface area contributed by atoms with E-state index in [1.54, 1.807) is 4.90 Å². The van der Waals surface area contributed by atoms with E-state index >= 15 is 0 Å². The summed E-state index contributed by atoms with van der Waals surface area (Å²) in [6, 6.07) is 9.74. The fourth-order valence-electron chi connectivity index (χ4n) is 1.58. The molecule has 1 aliphatic rings. The molecule has 0 aromatic heterocycles. The molecule has 1 aromatic rings. The smallest absolute Gasteiger partial charge is 0.410 e. The number of rotatable bonds is 3. The molecule has 4 heteroatoms. The Morgan fingerprint density at radius 2 is 2.00 bits per heavy atom. The molecule has 1 aliphatic heterocycles. The summed E-state index contributed by atoms with van der Waals surface area (Å²) in [7, 11) is 0. The zero-order chi connectivity index (χ0) is 13.2. The Balaban J connectivity index is 1.74. The van der Waals surface area contributed by atoms with Crippen LogP contribution in [0.1, 0.15) is 20.8 Å². The lowest BCUT2D eigenvalue weighted by Crippen LogP contribution is -2.28. The van der Waals surface area contributed by atoms with Crippen molar-refractivity contribution in [3.05, 3.63) is 30.3 Å². The monoisotopic (exact) mass is 249 g/mol. The van der Waals surface area contributed by atoms with Crippen LogP contribution in [0.3, 0.4) is 0 Å². The van der Waals surface area contributed by atoms with Crippen molar-refractivity contribution in [2.75, 3.05) is 13.2 Å². The van der Waals surface area contributed by atoms with E-state index in [0.29, 0.717) is 13.2 Å². The van der Waals surface area contributed by atoms with Gasteiger partial charge in [0.2, 0.25) is 0 Å². The van der Waals surface area contributed by atoms with E-state index in [1.807, 2.05) is 51.1 Å². The second kappa shape index (κ2) is 4.88. The number of carbonyl (C=O) groups excluding carboxylic acids is 1. The Morgan fingerprint density at radius 3 is 2.61 bits per heavy atom. The van der Waals surface area contributed by atoms with Gasteiger partial charge in [0, 0.05) is 6.54 Å². The fourth-order valence-corrected chi connectivity index (χ4v) is 1.58. The Kier molecular flexibility index (Phi) is 3.45. The molecule has 0 saturated carbocycles. The van der Waals surface area contributed by atoms with Gasteiger partial charge in [-0.25, -0.2) is 4.79 Å². The second-order valence-corrected chi connectivity index (χ2v) is 5.41. The zero-order valence-electron chi connectivity index (χ0n) is 11.1. The molecule has 0 radical (unpaired) electrons. The van der Waals surface area contributed by atoms with Crippen LogP contribution < -0.4 is 4.74 Å². The second-order valence-electron chi connectivity index (χ2n) is 5.41. The lowest BCUT2D eigenvalue weighted by molar-refractivity contribution is 0.0398. The van der Waals surface area contributed by atoms with E-state index in [-0.39, 0.29) is 12.1 Å². The molecule has 1 heterocycles. The minimum absolute atomic E-state index is 0.139. The number of hydrogen-bond acceptors (Lipinski definition) is 3. The standard InChI is InChI=1S/C14H19NO3/c1-14(2,3)18-13(16)15-9-11(15)10-17-12-7-5-4-6-8-12/h4-8,11H,9-10H2,1-3H3/t11-,15?/m1/s1. The van der Waals surface area contributed by atoms with Gasteiger partial charge in [-0.15, -0.1) is 0 Å². The number of amides is 1. The maximum absolute atomic E-state index is 11.7. The predicted octanol–water partition coefficient (Wildman–Crippen LogP) is 2.68. The summed E-state index contributed by atoms with van der Waals surface area (Å²) in [4.78, 5) is 13.4. The molecule has 1 fully saturated rings. The van der Waals surface area contributed by atoms with Crippen LogP contribution in [0.15, 0.2) is 30.3 Å². The zero-order valence-corrected chi connectivity index (χ0v) is 11.1. The van der Waals surface area contributed by atoms with Gasteiger partial charge in [0.25, 0.3) is 0 Å². The maximum atomic E-state index is 11.7. The van der Waals surface area contributed by atoms with Crippen LogP contribution in [-0.4, -0.2) is 35.8 Å². The lowest BCUT2D eigenvalue weighted by Gasteiger charge is -2.19. The Bertz CT molecular complexity index is 411. The van der Waals surface area contributed by atoms with E-state index < -0.39 is 5.60 Å². The Hall–Kier alpha value is -1.71. The molecule has 0 bridgehead atoms. The van der Waals surface area contributed by atoms with Crippen molar-refractivity contribution in [2.24, 2.45) is 0 Å². The highest BCUT2D eigenvalue weighted by Gasteiger charge is 2.41. The van der Waals surface area contributed by atoms with Gasteiger partial charge in [-0.2, -0.15) is 0 Å². The minimum atomic E-state index is -0.440. The first-order valence-electron chi connectivity index (χ1n) is 6.13. The summed E-state index contributed by atoms with van der Waals surface area (Å²) in [6.45, 7) is 6.82. The van der Waals surface area contributed by atoms with Crippen LogP contribution in [0, 0.1) is 0 Å². The minimum Gasteiger partial charge on any atom is -0.491 e. The first-order chi connectivity index (χ1) is 8.46. The van der Waals surface area contributed by atoms with E-state index in [2.05, 4.69) is 0 Å². The highest BCUT2D eigenvalue weighted by molar-refractivity contribution is 5.71. The molecule has 0 spiro atoms. The molecular weight excluding hydrogens is 230 g/mol. The summed E-state index contributed by atoms with van der Waals surface area (Å²) < 4.78 is 10.9. The van der Waals surface area contributed by atoms with Crippen LogP contribution in [-0.2, 0) is 4.74 Å². The van der Waals surface area contributed by atoms with E-state index in [9.17, 15) is 4.79 Å². The van der Waals surface area contributed by atoms with Crippen LogP contribution in [0.25, 0.3) is 0 Å². The average molecular weight is 249 g/mol. The van der Waals surface area contributed by atoms with Gasteiger partial charge in [0.15, 0.2) is 0 Å². The van der Waals surface area contributed by atoms with E-state index in [1.165, 1.54) is 0 Å². The summed E-state index contributed by atoms with van der Waals surface area (Å²) >= 11 is 0. The van der Waals surface area contributed by atoms with Gasteiger partial charge in [-0.1, -0.05) is 18.2 Å². The molecule has 1 amide bonds. The fraction of sp³-hybridized carbons (Fsp3) is 0.500. The lowest BCUT2D eigenvalue weighted by atomic mass is 10.2. The van der Waals surface area contributed by atoms with Gasteiger partial charge in [0.05, 0.1) is 6.04 Å². The van der Waals surface area contributed by atoms with Gasteiger partial charge in [0.1, 0.15) is 18.0 Å². The third-order valence-corrected chi connectivity index (χ3v) is 2.53. The number of nitrogens with zero attached hydrogens (tertiary/aromatic N) is 1. The van der Waals surface area contributed by atoms with Crippen LogP contribution in [0.4, 0.5) is 4.79 Å². The highest BCUT2D eigenvalue weighted by atomic mass is 16.6. The molecule has 1 aromatic carbocycles. The van der Waals surface area contributed by atoms with Crippen molar-refractivity contribution in [3.63, 3.8) is 0 Å². The summed E-state index contributed by atoms with van der Waals surface area (Å²) in [5.74, 6) is 0.827. The number of para-hydroxylation sites is 1. The van der Waals surface area contributed by atoms with Crippen molar-refractivity contribution in [3.8, 4) is 5.75 Å². The Morgan fingerprint density at radius 1 is 1.33 bits per heavy atom. The predicted molar refractivity (Wildman–Crippen MR) is 68.7 cm³/mol. The van der Waals surface area contributed by atoms with Crippen LogP contribution in [0.2, 0.25) is 0 Å². The van der Waals surface area contributed by atoms with Gasteiger partial charge >= 0.3 is 6.09 Å². The van der Waals surface area contributed by atoms with Crippen LogP contribution in [0.5, 0.6) is 5.75 Å². The molecular formula is C14H19NO3. The number of ether oxygens (including phenoxy) is 2. The van der Waals surface area contributed by atoms with Crippen LogP contribution >= 0.6 is 0 Å². The van der Waals surface area contributed by atoms with Crippen molar-refractivity contribution in [1.82, 2.24) is 4.90 Å². The molecule has 0 N–H and O–H groups in total. The van der Waals surface area contributed by atoms with E-state index in [0.717, 1.165) is 5.75 Å². The molecule has 4 nitrogen and oxygen atoms in total. The SMILES string of the molecule is CC(C)(C)OC(=O)N1C[C@@H]1COc1ccccc1. The molecule has 0 aliphatic carbocycles. The van der Waals surface area contributed by atoms with Gasteiger partial charge in [-0.3, -0.25) is 4.90 Å². The summed E-state index contributed by atoms with van der Waals surface area (Å²) in [6.07, 6.45) is -0.260. The average Bonchev–Trinajstić information content (AvgIpc) is 3.05. The van der Waals surface area contributed by atoms with Crippen molar-refractivity contribution >= 4 is 6.09 Å². The number of carbonyl (C=O) groups is 1. The molecule has 1 atom stereocenters. The number of benzene rings is 1. The quantitative estimate of drug-likeness (QED) is 0.773. The first kappa shape index (κ1) is 12.7. The third-order valence-electron chi connectivity index (χ3n) is 2.53. The largest absolute Gasteiger partial charge is 0.491 e. The molecule has 98 valence electrons. The molecule has 18 heavy (non-hydrogen) atoms. The highest BCUT2D eigenvalue weighted by Crippen LogP contribution is 2.22. The molecule has 2 rings (SSSR count). The molecule has 0 unspecified atom stereocenters. The van der Waals surface area contributed by atoms with Crippen molar-refractivity contribution in [1.29, 1.82) is 0 Å². The third kappa shape index (κ3) is 3.65. The molecule has 1 saturated heterocycles. The van der Waals surface area contributed by atoms with E-state index in [4.69, 9.17) is 9.47 Å². The summed E-state index contributed by atoms with van der Waals surface area (Å²) in [5, 5.41) is 0.